The first-order valence-electron chi connectivity index (χ1n) is 6.63. The van der Waals surface area contributed by atoms with E-state index in [1.807, 2.05) is 0 Å². The van der Waals surface area contributed by atoms with Crippen molar-refractivity contribution in [2.75, 3.05) is 24.3 Å². The van der Waals surface area contributed by atoms with Gasteiger partial charge in [0.15, 0.2) is 5.82 Å². The van der Waals surface area contributed by atoms with Crippen LogP contribution in [0.4, 0.5) is 10.8 Å². The van der Waals surface area contributed by atoms with E-state index >= 15 is 0 Å². The molecule has 0 radical (unpaired) electrons. The summed E-state index contributed by atoms with van der Waals surface area (Å²) in [5.41, 5.74) is 6.18. The maximum absolute atomic E-state index is 11.8. The van der Waals surface area contributed by atoms with E-state index in [0.717, 1.165) is 18.0 Å². The molecule has 6 heteroatoms. The summed E-state index contributed by atoms with van der Waals surface area (Å²) < 4.78 is 8.89. The third-order valence-corrected chi connectivity index (χ3v) is 3.88. The maximum atomic E-state index is 11.8. The van der Waals surface area contributed by atoms with E-state index in [-0.39, 0.29) is 5.82 Å². The minimum Gasteiger partial charge on any atom is -0.465 e. The number of nitrogens with two attached hydrogens (primary N) is 1. The zero-order valence-electron chi connectivity index (χ0n) is 12.1. The molecule has 1 heterocycles. The van der Waals surface area contributed by atoms with Gasteiger partial charge in [-0.05, 0) is 31.8 Å². The van der Waals surface area contributed by atoms with Crippen LogP contribution in [-0.2, 0) is 4.74 Å². The molecule has 5 nitrogen and oxygen atoms in total. The van der Waals surface area contributed by atoms with Crippen LogP contribution in [0.2, 0.25) is 0 Å². The van der Waals surface area contributed by atoms with Crippen LogP contribution in [0.1, 0.15) is 50.4 Å². The first-order valence-corrected chi connectivity index (χ1v) is 7.40. The van der Waals surface area contributed by atoms with Crippen molar-refractivity contribution in [3.05, 3.63) is 5.56 Å². The number of methoxy groups -OCH3 is 1. The highest BCUT2D eigenvalue weighted by atomic mass is 32.1. The quantitative estimate of drug-likeness (QED) is 0.616. The second-order valence-corrected chi connectivity index (χ2v) is 5.49. The average Bonchev–Trinajstić information content (AvgIpc) is 2.75. The molecule has 0 atom stereocenters. The summed E-state index contributed by atoms with van der Waals surface area (Å²) in [5.74, 6) is -0.157. The summed E-state index contributed by atoms with van der Waals surface area (Å²) in [7, 11) is 1.36. The Morgan fingerprint density at radius 3 is 2.68 bits per heavy atom. The van der Waals surface area contributed by atoms with Gasteiger partial charge in [-0.2, -0.15) is 4.37 Å². The lowest BCUT2D eigenvalue weighted by atomic mass is 10.2. The lowest BCUT2D eigenvalue weighted by Crippen LogP contribution is -2.32. The monoisotopic (exact) mass is 285 g/mol. The maximum Gasteiger partial charge on any atom is 0.344 e. The van der Waals surface area contributed by atoms with Gasteiger partial charge >= 0.3 is 5.97 Å². The molecular formula is C13H23N3O2S. The van der Waals surface area contributed by atoms with Gasteiger partial charge in [-0.25, -0.2) is 4.79 Å². The Labute approximate surface area is 118 Å². The predicted molar refractivity (Wildman–Crippen MR) is 79.9 cm³/mol. The van der Waals surface area contributed by atoms with Gasteiger partial charge in [-0.1, -0.05) is 19.8 Å². The van der Waals surface area contributed by atoms with Crippen molar-refractivity contribution >= 4 is 28.3 Å². The zero-order valence-corrected chi connectivity index (χ0v) is 12.9. The number of anilines is 2. The molecule has 0 saturated carbocycles. The molecule has 1 aromatic heterocycles. The fraction of sp³-hybridized carbons (Fsp3) is 0.692. The Bertz CT molecular complexity index is 418. The molecule has 0 spiro atoms. The van der Waals surface area contributed by atoms with Crippen molar-refractivity contribution in [2.24, 2.45) is 0 Å². The fourth-order valence-corrected chi connectivity index (χ4v) is 2.87. The van der Waals surface area contributed by atoms with E-state index < -0.39 is 5.97 Å². The highest BCUT2D eigenvalue weighted by Gasteiger charge is 2.25. The second-order valence-electron chi connectivity index (χ2n) is 4.73. The minimum atomic E-state index is -0.414. The number of hydrogen-bond donors (Lipinski definition) is 1. The molecule has 0 amide bonds. The number of aromatic nitrogens is 1. The molecule has 0 saturated heterocycles. The summed E-state index contributed by atoms with van der Waals surface area (Å²) in [6, 6.07) is 0.292. The highest BCUT2D eigenvalue weighted by Crippen LogP contribution is 2.32. The number of unbranched alkanes of at least 4 members (excludes halogenated alkanes) is 2. The van der Waals surface area contributed by atoms with E-state index in [0.29, 0.717) is 11.6 Å². The molecule has 0 unspecified atom stereocenters. The van der Waals surface area contributed by atoms with Crippen LogP contribution in [0.25, 0.3) is 0 Å². The standard InChI is InChI=1S/C13H23N3O2S/c1-5-6-7-8-16(9(2)3)12-10(13(17)18-4)11(14)15-19-12/h9H,5-8H2,1-4H3,(H2,14,15). The number of carbonyl (C=O) groups excluding carboxylic acids is 1. The molecule has 0 fully saturated rings. The summed E-state index contributed by atoms with van der Waals surface area (Å²) in [6.45, 7) is 7.27. The highest BCUT2D eigenvalue weighted by molar-refractivity contribution is 7.11. The Hall–Kier alpha value is -1.30. The zero-order chi connectivity index (χ0) is 14.4. The first kappa shape index (κ1) is 15.8. The van der Waals surface area contributed by atoms with Crippen molar-refractivity contribution in [3.8, 4) is 0 Å². The summed E-state index contributed by atoms with van der Waals surface area (Å²) in [5, 5.41) is 0.815. The van der Waals surface area contributed by atoms with Crippen LogP contribution in [0.3, 0.4) is 0 Å². The Balaban J connectivity index is 2.99. The number of nitrogen functional groups attached to an aromatic ring is 1. The van der Waals surface area contributed by atoms with E-state index in [9.17, 15) is 4.79 Å². The smallest absolute Gasteiger partial charge is 0.344 e. The molecule has 2 N–H and O–H groups in total. The molecular weight excluding hydrogens is 262 g/mol. The number of nitrogens with zero attached hydrogens (tertiary/aromatic N) is 2. The number of carbonyl (C=O) groups is 1. The second kappa shape index (κ2) is 7.33. The predicted octanol–water partition coefficient (Wildman–Crippen LogP) is 2.92. The van der Waals surface area contributed by atoms with Crippen LogP contribution in [0.5, 0.6) is 0 Å². The molecule has 0 aromatic carbocycles. The van der Waals surface area contributed by atoms with Crippen molar-refractivity contribution in [3.63, 3.8) is 0 Å². The Kier molecular flexibility index (Phi) is 6.08. The van der Waals surface area contributed by atoms with E-state index in [1.54, 1.807) is 0 Å². The molecule has 0 aliphatic carbocycles. The van der Waals surface area contributed by atoms with Crippen LogP contribution >= 0.6 is 11.5 Å². The number of rotatable bonds is 7. The largest absolute Gasteiger partial charge is 0.465 e. The third-order valence-electron chi connectivity index (χ3n) is 2.98. The molecule has 0 aliphatic heterocycles. The normalized spacial score (nSPS) is 10.8. The first-order chi connectivity index (χ1) is 9.02. The van der Waals surface area contributed by atoms with Crippen molar-refractivity contribution < 1.29 is 9.53 Å². The van der Waals surface area contributed by atoms with E-state index in [1.165, 1.54) is 31.5 Å². The van der Waals surface area contributed by atoms with Gasteiger partial charge in [-0.15, -0.1) is 0 Å². The van der Waals surface area contributed by atoms with Gasteiger partial charge in [0.1, 0.15) is 10.6 Å². The van der Waals surface area contributed by atoms with Gasteiger partial charge in [0.2, 0.25) is 0 Å². The van der Waals surface area contributed by atoms with Gasteiger partial charge in [0.25, 0.3) is 0 Å². The van der Waals surface area contributed by atoms with Crippen molar-refractivity contribution in [1.82, 2.24) is 4.37 Å². The molecule has 0 bridgehead atoms. The lowest BCUT2D eigenvalue weighted by molar-refractivity contribution is 0.0603. The van der Waals surface area contributed by atoms with E-state index in [4.69, 9.17) is 10.5 Å². The third kappa shape index (κ3) is 3.83. The van der Waals surface area contributed by atoms with Crippen LogP contribution in [-0.4, -0.2) is 30.0 Å². The van der Waals surface area contributed by atoms with E-state index in [2.05, 4.69) is 30.0 Å². The van der Waals surface area contributed by atoms with Crippen molar-refractivity contribution in [2.45, 2.75) is 46.1 Å². The van der Waals surface area contributed by atoms with Gasteiger partial charge in [0.05, 0.1) is 7.11 Å². The molecule has 1 rings (SSSR count). The molecule has 0 aliphatic rings. The molecule has 108 valence electrons. The van der Waals surface area contributed by atoms with Crippen LogP contribution < -0.4 is 10.6 Å². The lowest BCUT2D eigenvalue weighted by Gasteiger charge is -2.27. The summed E-state index contributed by atoms with van der Waals surface area (Å²) >= 11 is 1.26. The Morgan fingerprint density at radius 2 is 2.16 bits per heavy atom. The van der Waals surface area contributed by atoms with Crippen LogP contribution in [0, 0.1) is 0 Å². The summed E-state index contributed by atoms with van der Waals surface area (Å²) in [6.07, 6.45) is 3.43. The van der Waals surface area contributed by atoms with Gasteiger partial charge in [0, 0.05) is 12.6 Å². The average molecular weight is 285 g/mol. The number of esters is 1. The number of hydrogen-bond acceptors (Lipinski definition) is 6. The van der Waals surface area contributed by atoms with Gasteiger partial charge in [-0.3, -0.25) is 0 Å². The topological polar surface area (TPSA) is 68.5 Å². The van der Waals surface area contributed by atoms with Gasteiger partial charge < -0.3 is 15.4 Å². The molecule has 1 aromatic rings. The fourth-order valence-electron chi connectivity index (χ4n) is 1.91. The Morgan fingerprint density at radius 1 is 1.47 bits per heavy atom. The minimum absolute atomic E-state index is 0.257. The summed E-state index contributed by atoms with van der Waals surface area (Å²) in [4.78, 5) is 14.0. The number of ether oxygens (including phenoxy) is 1. The van der Waals surface area contributed by atoms with Crippen molar-refractivity contribution in [1.29, 1.82) is 0 Å². The van der Waals surface area contributed by atoms with Crippen LogP contribution in [0.15, 0.2) is 0 Å². The SMILES string of the molecule is CCCCCN(c1snc(N)c1C(=O)OC)C(C)C. The molecule has 19 heavy (non-hydrogen) atoms.